The molecule has 0 spiro atoms. The number of ether oxygens (including phenoxy) is 1. The van der Waals surface area contributed by atoms with Gasteiger partial charge in [-0.2, -0.15) is 0 Å². The van der Waals surface area contributed by atoms with Crippen molar-refractivity contribution in [1.82, 2.24) is 9.97 Å². The number of fused-ring (bicyclic) bond motifs is 1. The third-order valence-electron chi connectivity index (χ3n) is 3.46. The van der Waals surface area contributed by atoms with E-state index < -0.39 is 0 Å². The number of aromatic nitrogens is 2. The van der Waals surface area contributed by atoms with Crippen LogP contribution < -0.4 is 10.5 Å². The lowest BCUT2D eigenvalue weighted by Gasteiger charge is -2.12. The van der Waals surface area contributed by atoms with Crippen LogP contribution in [0, 0.1) is 19.7 Å². The summed E-state index contributed by atoms with van der Waals surface area (Å²) in [6.07, 6.45) is 2.24. The lowest BCUT2D eigenvalue weighted by Crippen LogP contribution is -2.24. The largest absolute Gasteiger partial charge is 0.488 e. The zero-order valence-corrected chi connectivity index (χ0v) is 11.5. The Kier molecular flexibility index (Phi) is 3.14. The summed E-state index contributed by atoms with van der Waals surface area (Å²) in [6, 6.07) is 2.96. The van der Waals surface area contributed by atoms with Gasteiger partial charge in [0.15, 0.2) is 0 Å². The normalized spacial score (nSPS) is 16.9. The molecule has 0 bridgehead atoms. The highest BCUT2D eigenvalue weighted by Gasteiger charge is 2.27. The lowest BCUT2D eigenvalue weighted by molar-refractivity contribution is 0.242. The molecule has 1 aromatic heterocycles. The Balaban J connectivity index is 2.18. The van der Waals surface area contributed by atoms with Gasteiger partial charge in [-0.1, -0.05) is 0 Å². The number of aryl methyl sites for hydroxylation is 2. The molecule has 0 radical (unpaired) electrons. The van der Waals surface area contributed by atoms with E-state index in [1.165, 1.54) is 12.1 Å². The highest BCUT2D eigenvalue weighted by molar-refractivity contribution is 5.72. The molecule has 20 heavy (non-hydrogen) atoms. The first-order valence-corrected chi connectivity index (χ1v) is 6.58. The molecule has 3 rings (SSSR count). The molecule has 0 fully saturated rings. The second-order valence-electron chi connectivity index (χ2n) is 5.07. The van der Waals surface area contributed by atoms with Gasteiger partial charge in [0.2, 0.25) is 0 Å². The summed E-state index contributed by atoms with van der Waals surface area (Å²) >= 11 is 0. The Bertz CT molecular complexity index is 672. The fourth-order valence-electron chi connectivity index (χ4n) is 2.49. The summed E-state index contributed by atoms with van der Waals surface area (Å²) in [6.45, 7) is 4.13. The topological polar surface area (TPSA) is 61.0 Å². The highest BCUT2D eigenvalue weighted by Crippen LogP contribution is 2.39. The Morgan fingerprint density at radius 3 is 2.95 bits per heavy atom. The van der Waals surface area contributed by atoms with Crippen LogP contribution in [0.5, 0.6) is 5.75 Å². The van der Waals surface area contributed by atoms with Crippen LogP contribution in [0.25, 0.3) is 11.3 Å². The summed E-state index contributed by atoms with van der Waals surface area (Å²) in [5, 5.41) is 0. The molecule has 0 aliphatic carbocycles. The zero-order valence-electron chi connectivity index (χ0n) is 11.5. The molecule has 0 amide bonds. The second-order valence-corrected chi connectivity index (χ2v) is 5.07. The maximum absolute atomic E-state index is 13.8. The van der Waals surface area contributed by atoms with Gasteiger partial charge in [0.25, 0.3) is 0 Å². The van der Waals surface area contributed by atoms with E-state index in [-0.39, 0.29) is 11.9 Å². The molecule has 1 atom stereocenters. The summed E-state index contributed by atoms with van der Waals surface area (Å²) in [5.74, 6) is 0.396. The molecule has 0 saturated heterocycles. The lowest BCUT2D eigenvalue weighted by atomic mass is 10.0. The molecule has 2 heterocycles. The smallest absolute Gasteiger partial charge is 0.132 e. The first-order chi connectivity index (χ1) is 9.58. The minimum absolute atomic E-state index is 0.0939. The van der Waals surface area contributed by atoms with E-state index in [4.69, 9.17) is 10.5 Å². The van der Waals surface area contributed by atoms with Crippen molar-refractivity contribution in [3.05, 3.63) is 41.1 Å². The van der Waals surface area contributed by atoms with Crippen molar-refractivity contribution in [2.45, 2.75) is 26.4 Å². The Morgan fingerprint density at radius 2 is 2.20 bits per heavy atom. The van der Waals surface area contributed by atoms with Crippen LogP contribution in [-0.2, 0) is 6.42 Å². The van der Waals surface area contributed by atoms with Crippen molar-refractivity contribution in [2.75, 3.05) is 6.54 Å². The quantitative estimate of drug-likeness (QED) is 0.911. The number of rotatable bonds is 2. The molecule has 1 aromatic carbocycles. The van der Waals surface area contributed by atoms with Crippen molar-refractivity contribution in [2.24, 2.45) is 5.73 Å². The van der Waals surface area contributed by atoms with E-state index >= 15 is 0 Å². The Morgan fingerprint density at radius 1 is 1.40 bits per heavy atom. The molecule has 2 N–H and O–H groups in total. The van der Waals surface area contributed by atoms with Gasteiger partial charge in [0, 0.05) is 30.3 Å². The van der Waals surface area contributed by atoms with E-state index in [9.17, 15) is 4.39 Å². The first-order valence-electron chi connectivity index (χ1n) is 6.58. The third-order valence-corrected chi connectivity index (χ3v) is 3.46. The van der Waals surface area contributed by atoms with Crippen LogP contribution in [0.1, 0.15) is 17.0 Å². The van der Waals surface area contributed by atoms with Crippen molar-refractivity contribution >= 4 is 0 Å². The average molecular weight is 273 g/mol. The molecule has 1 aliphatic heterocycles. The van der Waals surface area contributed by atoms with Gasteiger partial charge in [-0.05, 0) is 26.0 Å². The van der Waals surface area contributed by atoms with Crippen LogP contribution in [0.4, 0.5) is 4.39 Å². The minimum Gasteiger partial charge on any atom is -0.488 e. The molecule has 1 aliphatic rings. The Labute approximate surface area is 116 Å². The Hall–Kier alpha value is -2.01. The number of nitrogens with two attached hydrogens (primary N) is 1. The molecule has 1 unspecified atom stereocenters. The van der Waals surface area contributed by atoms with Crippen LogP contribution in [0.15, 0.2) is 18.3 Å². The number of halogens is 1. The van der Waals surface area contributed by atoms with Crippen molar-refractivity contribution in [3.63, 3.8) is 0 Å². The van der Waals surface area contributed by atoms with Gasteiger partial charge >= 0.3 is 0 Å². The molecule has 104 valence electrons. The van der Waals surface area contributed by atoms with Gasteiger partial charge in [-0.3, -0.25) is 4.98 Å². The van der Waals surface area contributed by atoms with Crippen molar-refractivity contribution in [1.29, 1.82) is 0 Å². The fourth-order valence-corrected chi connectivity index (χ4v) is 2.49. The van der Waals surface area contributed by atoms with Crippen LogP contribution >= 0.6 is 0 Å². The van der Waals surface area contributed by atoms with E-state index in [1.807, 2.05) is 13.8 Å². The average Bonchev–Trinajstić information content (AvgIpc) is 2.83. The second kappa shape index (κ2) is 4.83. The molecule has 5 heteroatoms. The maximum Gasteiger partial charge on any atom is 0.132 e. The summed E-state index contributed by atoms with van der Waals surface area (Å²) in [7, 11) is 0. The molecule has 2 aromatic rings. The van der Waals surface area contributed by atoms with E-state index in [0.29, 0.717) is 30.0 Å². The number of hydrogen-bond acceptors (Lipinski definition) is 4. The van der Waals surface area contributed by atoms with Gasteiger partial charge in [-0.25, -0.2) is 9.37 Å². The van der Waals surface area contributed by atoms with Crippen molar-refractivity contribution in [3.8, 4) is 17.0 Å². The van der Waals surface area contributed by atoms with Gasteiger partial charge in [0.1, 0.15) is 17.7 Å². The molecule has 0 saturated carbocycles. The molecular formula is C15H16FN3O. The van der Waals surface area contributed by atoms with E-state index in [0.717, 1.165) is 17.0 Å². The van der Waals surface area contributed by atoms with Gasteiger partial charge in [0.05, 0.1) is 17.1 Å². The molecule has 4 nitrogen and oxygen atoms in total. The van der Waals surface area contributed by atoms with Gasteiger partial charge < -0.3 is 10.5 Å². The summed E-state index contributed by atoms with van der Waals surface area (Å²) < 4.78 is 19.7. The monoisotopic (exact) mass is 273 g/mol. The fraction of sp³-hybridized carbons (Fsp3) is 0.333. The summed E-state index contributed by atoms with van der Waals surface area (Å²) in [5.41, 5.74) is 9.36. The zero-order chi connectivity index (χ0) is 14.3. The summed E-state index contributed by atoms with van der Waals surface area (Å²) in [4.78, 5) is 8.76. The number of nitrogens with zero attached hydrogens (tertiary/aromatic N) is 2. The van der Waals surface area contributed by atoms with Crippen LogP contribution in [0.2, 0.25) is 0 Å². The van der Waals surface area contributed by atoms with E-state index in [1.54, 1.807) is 6.20 Å². The predicted octanol–water partition coefficient (Wildman–Crippen LogP) is 2.16. The minimum atomic E-state index is -0.289. The highest BCUT2D eigenvalue weighted by atomic mass is 19.1. The van der Waals surface area contributed by atoms with Gasteiger partial charge in [-0.15, -0.1) is 0 Å². The predicted molar refractivity (Wildman–Crippen MR) is 74.1 cm³/mol. The van der Waals surface area contributed by atoms with E-state index in [2.05, 4.69) is 9.97 Å². The van der Waals surface area contributed by atoms with Crippen LogP contribution in [-0.4, -0.2) is 22.6 Å². The molecular weight excluding hydrogens is 257 g/mol. The number of benzene rings is 1. The maximum atomic E-state index is 13.8. The third kappa shape index (κ3) is 2.14. The van der Waals surface area contributed by atoms with Crippen LogP contribution in [0.3, 0.4) is 0 Å². The SMILES string of the molecule is Cc1cnc(C)c(-c2cc(F)cc3c2OC(CN)C3)n1. The first kappa shape index (κ1) is 13.0. The van der Waals surface area contributed by atoms with Crippen molar-refractivity contribution < 1.29 is 9.13 Å². The standard InChI is InChI=1S/C15H16FN3O/c1-8-7-18-9(2)14(19-8)13-5-11(16)3-10-4-12(6-17)20-15(10)13/h3,5,7,12H,4,6,17H2,1-2H3. The number of hydrogen-bond donors (Lipinski definition) is 1.